The summed E-state index contributed by atoms with van der Waals surface area (Å²) in [6.45, 7) is 0. The third-order valence-corrected chi connectivity index (χ3v) is 4.34. The van der Waals surface area contributed by atoms with Gasteiger partial charge in [-0.3, -0.25) is 4.90 Å². The molecule has 27 heavy (non-hydrogen) atoms. The molecule has 0 unspecified atom stereocenters. The van der Waals surface area contributed by atoms with E-state index in [9.17, 15) is 9.18 Å². The van der Waals surface area contributed by atoms with Crippen LogP contribution in [0.5, 0.6) is 0 Å². The van der Waals surface area contributed by atoms with Gasteiger partial charge in [-0.15, -0.1) is 0 Å². The number of benzene rings is 4. The fourth-order valence-electron chi connectivity index (χ4n) is 3.08. The number of urea groups is 1. The summed E-state index contributed by atoms with van der Waals surface area (Å²) in [4.78, 5) is 14.7. The first-order chi connectivity index (χ1) is 13.2. The molecule has 0 atom stereocenters. The Morgan fingerprint density at radius 1 is 0.741 bits per heavy atom. The number of nitrogens with one attached hydrogen (secondary N) is 1. The first-order valence-electron chi connectivity index (χ1n) is 8.62. The molecule has 4 aromatic rings. The standard InChI is InChI=1S/C23H17FN2O/c24-20-14-6-7-15-21(20)25-23(27)26(18-11-2-1-3-12-18)22-16-8-10-17-9-4-5-13-19(17)22/h1-16H,(H,25,27). The third kappa shape index (κ3) is 3.37. The van der Waals surface area contributed by atoms with E-state index in [4.69, 9.17) is 0 Å². The van der Waals surface area contributed by atoms with E-state index < -0.39 is 11.8 Å². The van der Waals surface area contributed by atoms with Crippen LogP contribution in [0.25, 0.3) is 10.8 Å². The van der Waals surface area contributed by atoms with Crippen molar-refractivity contribution in [3.8, 4) is 0 Å². The van der Waals surface area contributed by atoms with Gasteiger partial charge in [0.25, 0.3) is 0 Å². The largest absolute Gasteiger partial charge is 0.331 e. The van der Waals surface area contributed by atoms with Crippen LogP contribution < -0.4 is 10.2 Å². The van der Waals surface area contributed by atoms with E-state index >= 15 is 0 Å². The molecule has 0 aliphatic carbocycles. The minimum absolute atomic E-state index is 0.142. The van der Waals surface area contributed by atoms with Crippen LogP contribution in [0, 0.1) is 5.82 Å². The van der Waals surface area contributed by atoms with E-state index in [0.717, 1.165) is 16.5 Å². The predicted molar refractivity (Wildman–Crippen MR) is 108 cm³/mol. The van der Waals surface area contributed by atoms with Gasteiger partial charge in [0.05, 0.1) is 17.1 Å². The van der Waals surface area contributed by atoms with Crippen LogP contribution in [0.2, 0.25) is 0 Å². The topological polar surface area (TPSA) is 32.3 Å². The van der Waals surface area contributed by atoms with Gasteiger partial charge in [-0.25, -0.2) is 9.18 Å². The van der Waals surface area contributed by atoms with Crippen LogP contribution in [0.3, 0.4) is 0 Å². The van der Waals surface area contributed by atoms with Crippen molar-refractivity contribution in [3.05, 3.63) is 103 Å². The lowest BCUT2D eigenvalue weighted by Crippen LogP contribution is -2.31. The number of carbonyl (C=O) groups excluding carboxylic acids is 1. The number of rotatable bonds is 3. The van der Waals surface area contributed by atoms with Crippen molar-refractivity contribution in [2.24, 2.45) is 0 Å². The molecule has 1 N–H and O–H groups in total. The number of amides is 2. The Kier molecular flexibility index (Phi) is 4.54. The van der Waals surface area contributed by atoms with Gasteiger partial charge < -0.3 is 5.32 Å². The Balaban J connectivity index is 1.83. The van der Waals surface area contributed by atoms with Gasteiger partial charge >= 0.3 is 6.03 Å². The molecular weight excluding hydrogens is 339 g/mol. The smallest absolute Gasteiger partial charge is 0.304 e. The van der Waals surface area contributed by atoms with Crippen molar-refractivity contribution in [2.75, 3.05) is 10.2 Å². The van der Waals surface area contributed by atoms with Crippen LogP contribution >= 0.6 is 0 Å². The van der Waals surface area contributed by atoms with Crippen molar-refractivity contribution in [3.63, 3.8) is 0 Å². The lowest BCUT2D eigenvalue weighted by atomic mass is 10.1. The zero-order chi connectivity index (χ0) is 18.6. The second kappa shape index (κ2) is 7.30. The Hall–Kier alpha value is -3.66. The molecule has 3 nitrogen and oxygen atoms in total. The number of para-hydroxylation sites is 2. The second-order valence-electron chi connectivity index (χ2n) is 6.08. The molecule has 4 rings (SSSR count). The Labute approximate surface area is 156 Å². The van der Waals surface area contributed by atoms with Crippen molar-refractivity contribution >= 4 is 33.9 Å². The van der Waals surface area contributed by atoms with Crippen LogP contribution in [0.1, 0.15) is 0 Å². The summed E-state index contributed by atoms with van der Waals surface area (Å²) >= 11 is 0. The van der Waals surface area contributed by atoms with E-state index in [0.29, 0.717) is 5.69 Å². The highest BCUT2D eigenvalue weighted by molar-refractivity contribution is 6.12. The summed E-state index contributed by atoms with van der Waals surface area (Å²) < 4.78 is 14.0. The van der Waals surface area contributed by atoms with E-state index in [1.807, 2.05) is 72.8 Å². The van der Waals surface area contributed by atoms with Gasteiger partial charge in [-0.1, -0.05) is 66.7 Å². The van der Waals surface area contributed by atoms with Gasteiger partial charge in [0, 0.05) is 5.39 Å². The maximum Gasteiger partial charge on any atom is 0.331 e. The molecular formula is C23H17FN2O. The Morgan fingerprint density at radius 2 is 1.41 bits per heavy atom. The quantitative estimate of drug-likeness (QED) is 0.456. The molecule has 0 saturated carbocycles. The maximum absolute atomic E-state index is 14.0. The summed E-state index contributed by atoms with van der Waals surface area (Å²) in [6, 6.07) is 28.7. The zero-order valence-corrected chi connectivity index (χ0v) is 14.5. The van der Waals surface area contributed by atoms with Crippen molar-refractivity contribution in [1.29, 1.82) is 0 Å². The molecule has 0 heterocycles. The van der Waals surface area contributed by atoms with E-state index in [1.165, 1.54) is 6.07 Å². The second-order valence-corrected chi connectivity index (χ2v) is 6.08. The summed E-state index contributed by atoms with van der Waals surface area (Å²) in [5, 5.41) is 4.64. The number of halogens is 1. The Bertz CT molecular complexity index is 1090. The molecule has 0 saturated heterocycles. The summed E-state index contributed by atoms with van der Waals surface area (Å²) in [7, 11) is 0. The molecule has 4 aromatic carbocycles. The number of hydrogen-bond acceptors (Lipinski definition) is 1. The first kappa shape index (κ1) is 16.8. The minimum Gasteiger partial charge on any atom is -0.304 e. The molecule has 0 spiro atoms. The van der Waals surface area contributed by atoms with E-state index in [2.05, 4.69) is 5.32 Å². The molecule has 0 radical (unpaired) electrons. The summed E-state index contributed by atoms with van der Waals surface area (Å²) in [5.41, 5.74) is 1.57. The Morgan fingerprint density at radius 3 is 2.22 bits per heavy atom. The van der Waals surface area contributed by atoms with E-state index in [-0.39, 0.29) is 5.69 Å². The SMILES string of the molecule is O=C(Nc1ccccc1F)N(c1ccccc1)c1cccc2ccccc12. The number of carbonyl (C=O) groups is 1. The van der Waals surface area contributed by atoms with Gasteiger partial charge in [0.1, 0.15) is 5.82 Å². The number of hydrogen-bond donors (Lipinski definition) is 1. The lowest BCUT2D eigenvalue weighted by Gasteiger charge is -2.25. The van der Waals surface area contributed by atoms with Crippen molar-refractivity contribution in [1.82, 2.24) is 0 Å². The van der Waals surface area contributed by atoms with E-state index in [1.54, 1.807) is 23.1 Å². The van der Waals surface area contributed by atoms with Crippen molar-refractivity contribution < 1.29 is 9.18 Å². The normalized spacial score (nSPS) is 10.6. The summed E-state index contributed by atoms with van der Waals surface area (Å²) in [6.07, 6.45) is 0. The molecule has 0 aromatic heterocycles. The van der Waals surface area contributed by atoms with Crippen molar-refractivity contribution in [2.45, 2.75) is 0 Å². The first-order valence-corrected chi connectivity index (χ1v) is 8.62. The minimum atomic E-state index is -0.475. The lowest BCUT2D eigenvalue weighted by molar-refractivity contribution is 0.259. The number of fused-ring (bicyclic) bond motifs is 1. The molecule has 0 aliphatic heterocycles. The molecule has 0 fully saturated rings. The van der Waals surface area contributed by atoms with Gasteiger partial charge in [0.15, 0.2) is 0 Å². The van der Waals surface area contributed by atoms with Gasteiger partial charge in [-0.2, -0.15) is 0 Å². The van der Waals surface area contributed by atoms with Gasteiger partial charge in [0.2, 0.25) is 0 Å². The highest BCUT2D eigenvalue weighted by Crippen LogP contribution is 2.33. The molecule has 2 amide bonds. The van der Waals surface area contributed by atoms with Crippen LogP contribution in [-0.4, -0.2) is 6.03 Å². The van der Waals surface area contributed by atoms with Crippen LogP contribution in [0.4, 0.5) is 26.2 Å². The molecule has 132 valence electrons. The average Bonchev–Trinajstić information content (AvgIpc) is 2.71. The number of nitrogens with zero attached hydrogens (tertiary/aromatic N) is 1. The predicted octanol–water partition coefficient (Wildman–Crippen LogP) is 6.35. The maximum atomic E-state index is 14.0. The van der Waals surface area contributed by atoms with Crippen LogP contribution in [-0.2, 0) is 0 Å². The molecule has 4 heteroatoms. The third-order valence-electron chi connectivity index (χ3n) is 4.34. The molecule has 0 aliphatic rings. The highest BCUT2D eigenvalue weighted by Gasteiger charge is 2.21. The zero-order valence-electron chi connectivity index (χ0n) is 14.5. The average molecular weight is 356 g/mol. The monoisotopic (exact) mass is 356 g/mol. The molecule has 0 bridgehead atoms. The highest BCUT2D eigenvalue weighted by atomic mass is 19.1. The fraction of sp³-hybridized carbons (Fsp3) is 0. The fourth-order valence-corrected chi connectivity index (χ4v) is 3.08. The van der Waals surface area contributed by atoms with Gasteiger partial charge in [-0.05, 0) is 35.7 Å². The van der Waals surface area contributed by atoms with Crippen LogP contribution in [0.15, 0.2) is 97.1 Å². The summed E-state index contributed by atoms with van der Waals surface area (Å²) in [5.74, 6) is -0.475. The number of anilines is 3.